The number of rotatable bonds is 12. The highest BCUT2D eigenvalue weighted by Gasteiger charge is 2.37. The maximum absolute atomic E-state index is 14.4. The molecule has 0 spiro atoms. The van der Waals surface area contributed by atoms with Gasteiger partial charge < -0.3 is 19.3 Å². The predicted octanol–water partition coefficient (Wildman–Crippen LogP) is 4.86. The third-order valence-electron chi connectivity index (χ3n) is 7.33. The van der Waals surface area contributed by atoms with Crippen LogP contribution in [-0.2, 0) is 39.4 Å². The first-order chi connectivity index (χ1) is 20.4. The molecular formula is C32H37FN2O7S. The molecule has 9 nitrogen and oxygen atoms in total. The van der Waals surface area contributed by atoms with Crippen LogP contribution in [-0.4, -0.2) is 40.0 Å². The molecule has 11 heteroatoms. The molecule has 0 bridgehead atoms. The highest BCUT2D eigenvalue weighted by Crippen LogP contribution is 2.33. The van der Waals surface area contributed by atoms with Crippen LogP contribution in [0.1, 0.15) is 55.4 Å². The Balaban J connectivity index is 1.90. The van der Waals surface area contributed by atoms with Crippen LogP contribution in [0.5, 0.6) is 5.75 Å². The minimum Gasteiger partial charge on any atom is -0.496 e. The van der Waals surface area contributed by atoms with Crippen molar-refractivity contribution in [2.75, 3.05) is 13.7 Å². The van der Waals surface area contributed by atoms with Crippen LogP contribution in [0.25, 0.3) is 10.2 Å². The van der Waals surface area contributed by atoms with E-state index in [1.54, 1.807) is 19.1 Å². The molecule has 4 aromatic rings. The molecule has 0 saturated heterocycles. The zero-order valence-corrected chi connectivity index (χ0v) is 26.0. The number of aliphatic hydroxyl groups excluding tert-OH is 1. The second-order valence-corrected chi connectivity index (χ2v) is 12.0. The summed E-state index contributed by atoms with van der Waals surface area (Å²) in [6, 6.07) is 13.1. The van der Waals surface area contributed by atoms with Crippen molar-refractivity contribution < 1.29 is 28.5 Å². The lowest BCUT2D eigenvalue weighted by Gasteiger charge is -2.27. The van der Waals surface area contributed by atoms with E-state index in [-0.39, 0.29) is 19.8 Å². The van der Waals surface area contributed by atoms with Crippen LogP contribution in [0.3, 0.4) is 0 Å². The first-order valence-electron chi connectivity index (χ1n) is 14.0. The number of aromatic nitrogens is 2. The standard InChI is InChI=1S/C32H37FN2O7S/c1-7-26-20(3)27-28(37)35(32(4,5)30(38)42-18-21-11-9-8-10-12-21)31(39)34(29(27)43-26)16-25(41-17-19(2)36)23-15-22(33)13-14-24(23)40-6/h8-15,19,25,36H,7,16-18H2,1-6H3/t19?,25-/m0/s1. The van der Waals surface area contributed by atoms with Gasteiger partial charge in [-0.25, -0.2) is 18.5 Å². The number of methoxy groups -OCH3 is 1. The van der Waals surface area contributed by atoms with E-state index in [2.05, 4.69) is 0 Å². The van der Waals surface area contributed by atoms with Crippen molar-refractivity contribution >= 4 is 27.5 Å². The molecule has 2 aromatic carbocycles. The zero-order chi connectivity index (χ0) is 31.5. The maximum atomic E-state index is 14.4. The second kappa shape index (κ2) is 13.2. The molecule has 1 N–H and O–H groups in total. The lowest BCUT2D eigenvalue weighted by molar-refractivity contribution is -0.154. The number of hydrogen-bond acceptors (Lipinski definition) is 8. The summed E-state index contributed by atoms with van der Waals surface area (Å²) in [5, 5.41) is 10.3. The summed E-state index contributed by atoms with van der Waals surface area (Å²) in [5.74, 6) is -0.957. The van der Waals surface area contributed by atoms with Gasteiger partial charge in [0, 0.05) is 10.4 Å². The summed E-state index contributed by atoms with van der Waals surface area (Å²) in [7, 11) is 1.44. The highest BCUT2D eigenvalue weighted by atomic mass is 32.1. The van der Waals surface area contributed by atoms with Gasteiger partial charge in [-0.1, -0.05) is 37.3 Å². The molecule has 2 atom stereocenters. The SMILES string of the molecule is CCc1sc2c(c1C)c(=O)n(C(C)(C)C(=O)OCc1ccccc1)c(=O)n2C[C@H](OCC(C)O)c1cc(F)ccc1OC. The number of esters is 1. The van der Waals surface area contributed by atoms with Crippen LogP contribution in [0.2, 0.25) is 0 Å². The Morgan fingerprint density at radius 2 is 1.84 bits per heavy atom. The molecule has 0 fully saturated rings. The molecule has 1 unspecified atom stereocenters. The molecule has 0 saturated carbocycles. The van der Waals surface area contributed by atoms with Crippen molar-refractivity contribution in [3.63, 3.8) is 0 Å². The zero-order valence-electron chi connectivity index (χ0n) is 25.2. The lowest BCUT2D eigenvalue weighted by Crippen LogP contribution is -2.53. The highest BCUT2D eigenvalue weighted by molar-refractivity contribution is 7.18. The minimum absolute atomic E-state index is 0.0274. The van der Waals surface area contributed by atoms with Crippen molar-refractivity contribution in [3.8, 4) is 5.75 Å². The van der Waals surface area contributed by atoms with Gasteiger partial charge in [0.15, 0.2) is 0 Å². The molecule has 0 aliphatic heterocycles. The summed E-state index contributed by atoms with van der Waals surface area (Å²) in [6.45, 7) is 7.97. The number of nitrogens with zero attached hydrogens (tertiary/aromatic N) is 2. The Morgan fingerprint density at radius 3 is 2.47 bits per heavy atom. The molecule has 0 aliphatic carbocycles. The number of halogens is 1. The van der Waals surface area contributed by atoms with Gasteiger partial charge in [0.2, 0.25) is 0 Å². The van der Waals surface area contributed by atoms with Gasteiger partial charge in [-0.05, 0) is 63.4 Å². The van der Waals surface area contributed by atoms with Crippen LogP contribution in [0, 0.1) is 12.7 Å². The molecule has 2 heterocycles. The Bertz CT molecular complexity index is 1720. The smallest absolute Gasteiger partial charge is 0.333 e. The van der Waals surface area contributed by atoms with E-state index in [1.807, 2.05) is 32.0 Å². The van der Waals surface area contributed by atoms with Gasteiger partial charge in [-0.3, -0.25) is 9.36 Å². The summed E-state index contributed by atoms with van der Waals surface area (Å²) >= 11 is 1.31. The lowest BCUT2D eigenvalue weighted by atomic mass is 10.0. The van der Waals surface area contributed by atoms with Crippen molar-refractivity contribution in [1.29, 1.82) is 0 Å². The van der Waals surface area contributed by atoms with Gasteiger partial charge in [0.05, 0.1) is 31.8 Å². The number of thiophene rings is 1. The summed E-state index contributed by atoms with van der Waals surface area (Å²) in [5.41, 5.74) is -1.22. The molecule has 4 rings (SSSR count). The number of ether oxygens (including phenoxy) is 3. The van der Waals surface area contributed by atoms with Gasteiger partial charge in [-0.2, -0.15) is 0 Å². The van der Waals surface area contributed by atoms with E-state index in [0.717, 1.165) is 15.0 Å². The van der Waals surface area contributed by atoms with Crippen LogP contribution < -0.4 is 16.0 Å². The Morgan fingerprint density at radius 1 is 1.14 bits per heavy atom. The first kappa shape index (κ1) is 32.1. The van der Waals surface area contributed by atoms with Crippen molar-refractivity contribution in [3.05, 3.63) is 96.8 Å². The number of aliphatic hydroxyl groups is 1. The Hall–Kier alpha value is -3.80. The molecule has 0 radical (unpaired) electrons. The normalized spacial score (nSPS) is 13.2. The average molecular weight is 613 g/mol. The van der Waals surface area contributed by atoms with Crippen LogP contribution in [0.15, 0.2) is 58.1 Å². The van der Waals surface area contributed by atoms with E-state index >= 15 is 0 Å². The number of benzene rings is 2. The fraction of sp³-hybridized carbons (Fsp3) is 0.406. The Labute approximate surface area is 253 Å². The van der Waals surface area contributed by atoms with E-state index in [0.29, 0.717) is 33.5 Å². The molecule has 230 valence electrons. The number of hydrogen-bond donors (Lipinski definition) is 1. The first-order valence-corrected chi connectivity index (χ1v) is 14.8. The van der Waals surface area contributed by atoms with Gasteiger partial charge in [0.1, 0.15) is 34.6 Å². The topological polar surface area (TPSA) is 109 Å². The van der Waals surface area contributed by atoms with E-state index in [4.69, 9.17) is 14.2 Å². The number of aryl methyl sites for hydroxylation is 2. The average Bonchev–Trinajstić information content (AvgIpc) is 3.32. The third-order valence-corrected chi connectivity index (χ3v) is 8.79. The Kier molecular flexibility index (Phi) is 9.89. The number of carbonyl (C=O) groups excluding carboxylic acids is 1. The fourth-order valence-corrected chi connectivity index (χ4v) is 6.23. The van der Waals surface area contributed by atoms with Gasteiger partial charge >= 0.3 is 11.7 Å². The van der Waals surface area contributed by atoms with Gasteiger partial charge in [-0.15, -0.1) is 11.3 Å². The second-order valence-electron chi connectivity index (χ2n) is 10.9. The van der Waals surface area contributed by atoms with E-state index in [9.17, 15) is 23.9 Å². The predicted molar refractivity (Wildman–Crippen MR) is 163 cm³/mol. The van der Waals surface area contributed by atoms with E-state index < -0.39 is 40.8 Å². The minimum atomic E-state index is -1.67. The monoisotopic (exact) mass is 612 g/mol. The molecule has 43 heavy (non-hydrogen) atoms. The third kappa shape index (κ3) is 6.58. The van der Waals surface area contributed by atoms with Crippen LogP contribution >= 0.6 is 11.3 Å². The quantitative estimate of drug-likeness (QED) is 0.228. The molecule has 0 aliphatic rings. The molecule has 2 aromatic heterocycles. The number of fused-ring (bicyclic) bond motifs is 1. The van der Waals surface area contributed by atoms with Crippen molar-refractivity contribution in [2.45, 2.75) is 71.9 Å². The summed E-state index contributed by atoms with van der Waals surface area (Å²) in [6.07, 6.45) is -1.17. The van der Waals surface area contributed by atoms with Crippen LogP contribution in [0.4, 0.5) is 4.39 Å². The van der Waals surface area contributed by atoms with E-state index in [1.165, 1.54) is 55.1 Å². The molecule has 0 amide bonds. The number of carbonyl (C=O) groups is 1. The largest absolute Gasteiger partial charge is 0.496 e. The summed E-state index contributed by atoms with van der Waals surface area (Å²) < 4.78 is 33.8. The fourth-order valence-electron chi connectivity index (χ4n) is 4.99. The molecular weight excluding hydrogens is 575 g/mol. The van der Waals surface area contributed by atoms with Crippen molar-refractivity contribution in [2.24, 2.45) is 0 Å². The van der Waals surface area contributed by atoms with Gasteiger partial charge in [0.25, 0.3) is 5.56 Å². The van der Waals surface area contributed by atoms with Crippen molar-refractivity contribution in [1.82, 2.24) is 9.13 Å². The summed E-state index contributed by atoms with van der Waals surface area (Å²) in [4.78, 5) is 43.0. The maximum Gasteiger partial charge on any atom is 0.333 e.